The van der Waals surface area contributed by atoms with E-state index in [1.807, 2.05) is 26.0 Å². The van der Waals surface area contributed by atoms with Crippen molar-refractivity contribution >= 4 is 57.8 Å². The molecular formula is C27H23ClFN3O4S. The van der Waals surface area contributed by atoms with Gasteiger partial charge in [0, 0.05) is 5.69 Å². The summed E-state index contributed by atoms with van der Waals surface area (Å²) >= 11 is 7.62. The van der Waals surface area contributed by atoms with Crippen LogP contribution in [-0.2, 0) is 9.59 Å². The maximum atomic E-state index is 13.1. The molecule has 190 valence electrons. The van der Waals surface area contributed by atoms with Crippen molar-refractivity contribution in [3.63, 3.8) is 0 Å². The lowest BCUT2D eigenvalue weighted by atomic mass is 10.2. The number of amidine groups is 1. The van der Waals surface area contributed by atoms with Gasteiger partial charge in [-0.15, -0.1) is 0 Å². The molecule has 0 bridgehead atoms. The molecule has 0 aromatic heterocycles. The number of rotatable bonds is 8. The number of anilines is 1. The van der Waals surface area contributed by atoms with Crippen LogP contribution in [0.15, 0.2) is 70.6 Å². The minimum Gasteiger partial charge on any atom is -0.490 e. The van der Waals surface area contributed by atoms with Crippen molar-refractivity contribution in [1.29, 1.82) is 0 Å². The van der Waals surface area contributed by atoms with Crippen molar-refractivity contribution < 1.29 is 23.5 Å². The van der Waals surface area contributed by atoms with Gasteiger partial charge in [-0.25, -0.2) is 9.38 Å². The Morgan fingerprint density at radius 3 is 2.57 bits per heavy atom. The smallest absolute Gasteiger partial charge is 0.264 e. The number of nitrogens with one attached hydrogen (secondary N) is 2. The first-order valence-corrected chi connectivity index (χ1v) is 12.5. The maximum Gasteiger partial charge on any atom is 0.264 e. The van der Waals surface area contributed by atoms with Crippen molar-refractivity contribution in [1.82, 2.24) is 5.32 Å². The van der Waals surface area contributed by atoms with Crippen LogP contribution in [0.3, 0.4) is 0 Å². The van der Waals surface area contributed by atoms with Gasteiger partial charge in [-0.1, -0.05) is 29.3 Å². The van der Waals surface area contributed by atoms with E-state index in [1.54, 1.807) is 30.3 Å². The Bertz CT molecular complexity index is 1380. The summed E-state index contributed by atoms with van der Waals surface area (Å²) in [6.07, 6.45) is 1.65. The van der Waals surface area contributed by atoms with Gasteiger partial charge in [0.15, 0.2) is 23.3 Å². The normalized spacial score (nSPS) is 15.1. The summed E-state index contributed by atoms with van der Waals surface area (Å²) in [5.74, 6) is -0.469. The lowest BCUT2D eigenvalue weighted by Gasteiger charge is -2.14. The molecule has 0 radical (unpaired) electrons. The van der Waals surface area contributed by atoms with Gasteiger partial charge in [0.2, 0.25) is 0 Å². The third kappa shape index (κ3) is 7.12. The minimum absolute atomic E-state index is 0.226. The van der Waals surface area contributed by atoms with Crippen LogP contribution >= 0.6 is 23.4 Å². The number of aryl methyl sites for hydroxylation is 1. The number of aliphatic imine (C=N–C) groups is 1. The molecule has 37 heavy (non-hydrogen) atoms. The van der Waals surface area contributed by atoms with Crippen molar-refractivity contribution in [3.05, 3.63) is 87.5 Å². The number of carbonyl (C=O) groups is 2. The van der Waals surface area contributed by atoms with E-state index in [0.29, 0.717) is 39.4 Å². The summed E-state index contributed by atoms with van der Waals surface area (Å²) in [6.45, 7) is 3.84. The second kappa shape index (κ2) is 11.9. The van der Waals surface area contributed by atoms with Crippen LogP contribution in [0.25, 0.3) is 6.08 Å². The number of thioether (sulfide) groups is 1. The van der Waals surface area contributed by atoms with Crippen LogP contribution < -0.4 is 20.1 Å². The topological polar surface area (TPSA) is 89.0 Å². The first-order chi connectivity index (χ1) is 17.8. The van der Waals surface area contributed by atoms with Gasteiger partial charge >= 0.3 is 0 Å². The molecule has 0 unspecified atom stereocenters. The molecule has 3 aromatic rings. The third-order valence-corrected chi connectivity index (χ3v) is 6.21. The highest BCUT2D eigenvalue weighted by Gasteiger charge is 2.24. The van der Waals surface area contributed by atoms with E-state index in [2.05, 4.69) is 15.6 Å². The van der Waals surface area contributed by atoms with Crippen LogP contribution in [-0.4, -0.2) is 30.2 Å². The molecule has 1 aliphatic heterocycles. The molecule has 10 heteroatoms. The molecule has 3 aromatic carbocycles. The molecule has 1 fully saturated rings. The van der Waals surface area contributed by atoms with Gasteiger partial charge in [0.25, 0.3) is 11.8 Å². The van der Waals surface area contributed by atoms with Gasteiger partial charge in [-0.05, 0) is 85.8 Å². The number of amides is 2. The van der Waals surface area contributed by atoms with Crippen molar-refractivity contribution in [2.24, 2.45) is 4.99 Å². The number of hydrogen-bond donors (Lipinski definition) is 2. The molecule has 2 N–H and O–H groups in total. The van der Waals surface area contributed by atoms with Crippen LogP contribution in [0.1, 0.15) is 18.1 Å². The Morgan fingerprint density at radius 2 is 1.86 bits per heavy atom. The summed E-state index contributed by atoms with van der Waals surface area (Å²) in [5.41, 5.74) is 2.86. The zero-order valence-electron chi connectivity index (χ0n) is 20.0. The first-order valence-electron chi connectivity index (χ1n) is 11.3. The minimum atomic E-state index is -0.367. The highest BCUT2D eigenvalue weighted by Crippen LogP contribution is 2.38. The Balaban J connectivity index is 1.48. The quantitative estimate of drug-likeness (QED) is 0.338. The lowest BCUT2D eigenvalue weighted by molar-refractivity contribution is -0.118. The molecule has 7 nitrogen and oxygen atoms in total. The second-order valence-corrected chi connectivity index (χ2v) is 9.36. The first kappa shape index (κ1) is 26.2. The van der Waals surface area contributed by atoms with Gasteiger partial charge < -0.3 is 20.1 Å². The molecular weight excluding hydrogens is 517 g/mol. The molecule has 1 heterocycles. The van der Waals surface area contributed by atoms with Gasteiger partial charge in [-0.3, -0.25) is 9.59 Å². The molecule has 1 aliphatic rings. The maximum absolute atomic E-state index is 13.1. The van der Waals surface area contributed by atoms with Gasteiger partial charge in [-0.2, -0.15) is 0 Å². The zero-order valence-corrected chi connectivity index (χ0v) is 21.6. The van der Waals surface area contributed by atoms with E-state index in [0.717, 1.165) is 17.3 Å². The Morgan fingerprint density at radius 1 is 1.14 bits per heavy atom. The third-order valence-electron chi connectivity index (χ3n) is 5.02. The van der Waals surface area contributed by atoms with Crippen LogP contribution in [0, 0.1) is 12.7 Å². The number of halogens is 2. The lowest BCUT2D eigenvalue weighted by Crippen LogP contribution is -2.20. The van der Waals surface area contributed by atoms with Crippen LogP contribution in [0.2, 0.25) is 5.02 Å². The van der Waals surface area contributed by atoms with Crippen LogP contribution in [0.5, 0.6) is 11.5 Å². The highest BCUT2D eigenvalue weighted by atomic mass is 35.5. The summed E-state index contributed by atoms with van der Waals surface area (Å²) in [5, 5.41) is 6.05. The van der Waals surface area contributed by atoms with Gasteiger partial charge in [0.1, 0.15) is 5.82 Å². The zero-order chi connectivity index (χ0) is 26.4. The fourth-order valence-corrected chi connectivity index (χ4v) is 4.43. The van der Waals surface area contributed by atoms with E-state index in [9.17, 15) is 14.0 Å². The number of ether oxygens (including phenoxy) is 2. The fourth-order valence-electron chi connectivity index (χ4n) is 3.31. The van der Waals surface area contributed by atoms with Crippen molar-refractivity contribution in [2.45, 2.75) is 13.8 Å². The molecule has 0 atom stereocenters. The molecule has 0 saturated carbocycles. The SMILES string of the molecule is CCOc1cc(/C=C2/SC(=Nc3ccc(F)cc3)NC2=O)cc(Cl)c1OCC(=O)Nc1ccc(C)cc1. The largest absolute Gasteiger partial charge is 0.490 e. The van der Waals surface area contributed by atoms with E-state index < -0.39 is 0 Å². The van der Waals surface area contributed by atoms with E-state index in [-0.39, 0.29) is 35.0 Å². The summed E-state index contributed by atoms with van der Waals surface area (Å²) < 4.78 is 24.5. The average Bonchev–Trinajstić information content (AvgIpc) is 3.20. The number of nitrogens with zero attached hydrogens (tertiary/aromatic N) is 1. The Kier molecular flexibility index (Phi) is 8.47. The second-order valence-electron chi connectivity index (χ2n) is 7.92. The van der Waals surface area contributed by atoms with Crippen LogP contribution in [0.4, 0.5) is 15.8 Å². The predicted molar refractivity (Wildman–Crippen MR) is 145 cm³/mol. The van der Waals surface area contributed by atoms with Crippen molar-refractivity contribution in [3.8, 4) is 11.5 Å². The number of benzene rings is 3. The van der Waals surface area contributed by atoms with E-state index in [1.165, 1.54) is 24.3 Å². The Labute approximate surface area is 222 Å². The molecule has 0 aliphatic carbocycles. The fraction of sp³-hybridized carbons (Fsp3) is 0.148. The summed E-state index contributed by atoms with van der Waals surface area (Å²) in [6, 6.07) is 16.3. The summed E-state index contributed by atoms with van der Waals surface area (Å²) in [7, 11) is 0. The van der Waals surface area contributed by atoms with Gasteiger partial charge in [0.05, 0.1) is 22.2 Å². The Hall–Kier alpha value is -3.82. The predicted octanol–water partition coefficient (Wildman–Crippen LogP) is 6.10. The molecule has 1 saturated heterocycles. The molecule has 4 rings (SSSR count). The number of carbonyl (C=O) groups excluding carboxylic acids is 2. The van der Waals surface area contributed by atoms with E-state index in [4.69, 9.17) is 21.1 Å². The molecule has 0 spiro atoms. The summed E-state index contributed by atoms with van der Waals surface area (Å²) in [4.78, 5) is 29.5. The monoisotopic (exact) mass is 539 g/mol. The number of hydrogen-bond acceptors (Lipinski definition) is 6. The molecule has 2 amide bonds. The van der Waals surface area contributed by atoms with Crippen molar-refractivity contribution in [2.75, 3.05) is 18.5 Å². The highest BCUT2D eigenvalue weighted by molar-refractivity contribution is 8.18. The average molecular weight is 540 g/mol. The standard InChI is InChI=1S/C27H23ClFN3O4S/c1-3-35-22-13-17(14-23-26(34)32-27(37-23)31-20-10-6-18(29)7-11-20)12-21(28)25(22)36-15-24(33)30-19-8-4-16(2)5-9-19/h4-14H,3,15H2,1-2H3,(H,30,33)(H,31,32,34)/b23-14+. The van der Waals surface area contributed by atoms with E-state index >= 15 is 0 Å².